The van der Waals surface area contributed by atoms with Crippen molar-refractivity contribution in [3.63, 3.8) is 0 Å². The normalized spacial score (nSPS) is 17.0. The molecule has 1 saturated heterocycles. The molecule has 1 fully saturated rings. The Hall–Kier alpha value is -5.58. The molecule has 3 aliphatic heterocycles. The number of para-hydroxylation sites is 1. The first-order chi connectivity index (χ1) is 24.4. The number of morpholine rings is 1. The second-order valence-corrected chi connectivity index (χ2v) is 12.9. The first-order valence-electron chi connectivity index (χ1n) is 16.9. The number of benzene rings is 4. The van der Waals surface area contributed by atoms with Gasteiger partial charge in [-0.3, -0.25) is 19.4 Å². The van der Waals surface area contributed by atoms with Gasteiger partial charge in [0, 0.05) is 61.6 Å². The van der Waals surface area contributed by atoms with Crippen molar-refractivity contribution in [1.29, 1.82) is 0 Å². The number of ether oxygens (including phenoxy) is 3. The van der Waals surface area contributed by atoms with Crippen LogP contribution >= 0.6 is 0 Å². The molecule has 1 N–H and O–H groups in total. The Labute approximate surface area is 290 Å². The number of aromatic hydroxyl groups is 1. The summed E-state index contributed by atoms with van der Waals surface area (Å²) in [6, 6.07) is 29.7. The van der Waals surface area contributed by atoms with Gasteiger partial charge in [0.1, 0.15) is 5.75 Å². The minimum Gasteiger partial charge on any atom is -0.508 e. The van der Waals surface area contributed by atoms with Gasteiger partial charge in [0.05, 0.1) is 30.0 Å². The zero-order valence-corrected chi connectivity index (χ0v) is 27.8. The van der Waals surface area contributed by atoms with Crippen LogP contribution in [-0.2, 0) is 17.7 Å². The maximum atomic E-state index is 14.9. The molecule has 4 aromatic carbocycles. The summed E-state index contributed by atoms with van der Waals surface area (Å²) in [4.78, 5) is 35.2. The van der Waals surface area contributed by atoms with E-state index in [1.165, 1.54) is 5.56 Å². The number of aromatic nitrogens is 1. The summed E-state index contributed by atoms with van der Waals surface area (Å²) < 4.78 is 19.1. The lowest BCUT2D eigenvalue weighted by Gasteiger charge is -2.40. The summed E-state index contributed by atoms with van der Waals surface area (Å²) in [5, 5.41) is 9.94. The van der Waals surface area contributed by atoms with Crippen LogP contribution in [0.2, 0.25) is 0 Å². The highest BCUT2D eigenvalue weighted by Crippen LogP contribution is 2.39. The maximum absolute atomic E-state index is 14.9. The van der Waals surface area contributed by atoms with E-state index in [1.54, 1.807) is 41.4 Å². The maximum Gasteiger partial charge on any atom is 0.264 e. The van der Waals surface area contributed by atoms with Crippen molar-refractivity contribution >= 4 is 23.2 Å². The summed E-state index contributed by atoms with van der Waals surface area (Å²) in [5.41, 5.74) is 5.99. The number of hydrogen-bond donors (Lipinski definition) is 1. The molecule has 2 amide bonds. The Morgan fingerprint density at radius 1 is 0.840 bits per heavy atom. The third-order valence-electron chi connectivity index (χ3n) is 9.75. The summed E-state index contributed by atoms with van der Waals surface area (Å²) in [5.74, 6) is 0.808. The summed E-state index contributed by atoms with van der Waals surface area (Å²) in [6.45, 7) is 6.26. The van der Waals surface area contributed by atoms with Gasteiger partial charge in [-0.1, -0.05) is 42.5 Å². The fourth-order valence-electron chi connectivity index (χ4n) is 7.17. The second kappa shape index (κ2) is 13.4. The number of carbonyl (C=O) groups is 2. The van der Waals surface area contributed by atoms with Gasteiger partial charge in [-0.15, -0.1) is 0 Å². The van der Waals surface area contributed by atoms with Gasteiger partial charge in [-0.05, 0) is 73.0 Å². The first-order valence-corrected chi connectivity index (χ1v) is 16.9. The molecule has 4 heterocycles. The van der Waals surface area contributed by atoms with E-state index in [4.69, 9.17) is 14.2 Å². The number of anilines is 2. The van der Waals surface area contributed by atoms with Crippen molar-refractivity contribution in [3.8, 4) is 22.9 Å². The SMILES string of the molecule is Cc1cc(C(=O)N(c2ccccc2)c2ccc(O)cc2)cn1-c1cc2c(cc1C(=O)N1Cc3ccccc3C[C@H]1CN1CCOCC1)OCO2. The van der Waals surface area contributed by atoms with Crippen molar-refractivity contribution in [2.75, 3.05) is 44.5 Å². The van der Waals surface area contributed by atoms with Crippen molar-refractivity contribution in [3.05, 3.63) is 131 Å². The van der Waals surface area contributed by atoms with Crippen LogP contribution in [0.1, 0.15) is 37.5 Å². The topological polar surface area (TPSA) is 96.7 Å². The van der Waals surface area contributed by atoms with Gasteiger partial charge in [0.25, 0.3) is 11.8 Å². The quantitative estimate of drug-likeness (QED) is 0.224. The fraction of sp³-hybridized carbons (Fsp3) is 0.250. The van der Waals surface area contributed by atoms with E-state index in [-0.39, 0.29) is 30.4 Å². The molecule has 3 aliphatic rings. The van der Waals surface area contributed by atoms with Crippen molar-refractivity contribution in [2.45, 2.75) is 25.9 Å². The van der Waals surface area contributed by atoms with Gasteiger partial charge < -0.3 is 28.8 Å². The zero-order chi connectivity index (χ0) is 34.2. The third-order valence-corrected chi connectivity index (χ3v) is 9.75. The number of nitrogens with zero attached hydrogens (tertiary/aromatic N) is 4. The Kier molecular flexibility index (Phi) is 8.48. The molecular weight excluding hydrogens is 632 g/mol. The van der Waals surface area contributed by atoms with Crippen LogP contribution in [0.25, 0.3) is 5.69 Å². The molecule has 10 heteroatoms. The molecular formula is C40H38N4O6. The highest BCUT2D eigenvalue weighted by molar-refractivity contribution is 6.11. The lowest BCUT2D eigenvalue weighted by Crippen LogP contribution is -2.52. The van der Waals surface area contributed by atoms with Crippen LogP contribution in [0.15, 0.2) is 103 Å². The monoisotopic (exact) mass is 670 g/mol. The molecule has 0 saturated carbocycles. The van der Waals surface area contributed by atoms with Crippen LogP contribution in [0, 0.1) is 6.92 Å². The molecule has 1 atom stereocenters. The molecule has 5 aromatic rings. The highest BCUT2D eigenvalue weighted by Gasteiger charge is 2.35. The summed E-state index contributed by atoms with van der Waals surface area (Å²) >= 11 is 0. The van der Waals surface area contributed by atoms with E-state index in [0.29, 0.717) is 59.4 Å². The van der Waals surface area contributed by atoms with E-state index >= 15 is 0 Å². The molecule has 10 nitrogen and oxygen atoms in total. The van der Waals surface area contributed by atoms with E-state index in [1.807, 2.05) is 64.9 Å². The Morgan fingerprint density at radius 2 is 1.52 bits per heavy atom. The number of hydrogen-bond acceptors (Lipinski definition) is 7. The largest absolute Gasteiger partial charge is 0.508 e. The van der Waals surface area contributed by atoms with Crippen LogP contribution in [0.4, 0.5) is 11.4 Å². The number of carbonyl (C=O) groups excluding carboxylic acids is 2. The second-order valence-electron chi connectivity index (χ2n) is 12.9. The number of phenolic OH excluding ortho intramolecular Hbond substituents is 1. The van der Waals surface area contributed by atoms with E-state index in [0.717, 1.165) is 37.3 Å². The number of rotatable bonds is 7. The van der Waals surface area contributed by atoms with Gasteiger partial charge in [0.2, 0.25) is 6.79 Å². The van der Waals surface area contributed by atoms with Crippen LogP contribution < -0.4 is 14.4 Å². The van der Waals surface area contributed by atoms with Crippen molar-refractivity contribution in [1.82, 2.24) is 14.4 Å². The number of amides is 2. The average molecular weight is 671 g/mol. The van der Waals surface area contributed by atoms with E-state index in [9.17, 15) is 14.7 Å². The van der Waals surface area contributed by atoms with Crippen LogP contribution in [0.3, 0.4) is 0 Å². The van der Waals surface area contributed by atoms with Crippen molar-refractivity contribution < 1.29 is 28.9 Å². The zero-order valence-electron chi connectivity index (χ0n) is 27.8. The van der Waals surface area contributed by atoms with Crippen molar-refractivity contribution in [2.24, 2.45) is 0 Å². The Bertz CT molecular complexity index is 2040. The molecule has 0 radical (unpaired) electrons. The summed E-state index contributed by atoms with van der Waals surface area (Å²) in [6.07, 6.45) is 2.53. The smallest absolute Gasteiger partial charge is 0.264 e. The molecule has 8 rings (SSSR count). The molecule has 1 aromatic heterocycles. The number of fused-ring (bicyclic) bond motifs is 2. The Balaban J connectivity index is 1.18. The lowest BCUT2D eigenvalue weighted by molar-refractivity contribution is 0.0192. The average Bonchev–Trinajstić information content (AvgIpc) is 3.78. The predicted octanol–water partition coefficient (Wildman–Crippen LogP) is 6.10. The lowest BCUT2D eigenvalue weighted by atomic mass is 9.92. The standard InChI is InChI=1S/C40H38N4O6/c1-27-19-30(39(46)44(31-9-3-2-4-10-31)32-11-13-34(45)14-12-32)24-42(27)36-22-38-37(49-26-50-38)21-35(36)40(47)43-23-29-8-6-5-7-28(29)20-33(43)25-41-15-17-48-18-16-41/h2-14,19,21-22,24,33,45H,15-18,20,23,25-26H2,1H3/t33-/m0/s1. The van der Waals surface area contributed by atoms with Crippen LogP contribution in [-0.4, -0.2) is 77.0 Å². The fourth-order valence-corrected chi connectivity index (χ4v) is 7.17. The number of aryl methyl sites for hydroxylation is 1. The van der Waals surface area contributed by atoms with Crippen LogP contribution in [0.5, 0.6) is 17.2 Å². The van der Waals surface area contributed by atoms with Gasteiger partial charge >= 0.3 is 0 Å². The Morgan fingerprint density at radius 3 is 2.28 bits per heavy atom. The minimum absolute atomic E-state index is 0.0404. The molecule has 0 bridgehead atoms. The molecule has 50 heavy (non-hydrogen) atoms. The molecule has 0 spiro atoms. The third kappa shape index (κ3) is 6.08. The number of phenols is 1. The minimum atomic E-state index is -0.254. The molecule has 0 aliphatic carbocycles. The summed E-state index contributed by atoms with van der Waals surface area (Å²) in [7, 11) is 0. The highest BCUT2D eigenvalue weighted by atomic mass is 16.7. The van der Waals surface area contributed by atoms with E-state index in [2.05, 4.69) is 23.1 Å². The molecule has 0 unspecified atom stereocenters. The van der Waals surface area contributed by atoms with Gasteiger partial charge in [-0.25, -0.2) is 0 Å². The van der Waals surface area contributed by atoms with E-state index < -0.39 is 0 Å². The predicted molar refractivity (Wildman–Crippen MR) is 189 cm³/mol. The first kappa shape index (κ1) is 31.7. The molecule has 254 valence electrons. The van der Waals surface area contributed by atoms with Gasteiger partial charge in [0.15, 0.2) is 11.5 Å². The van der Waals surface area contributed by atoms with Gasteiger partial charge in [-0.2, -0.15) is 0 Å².